The number of aliphatic hydroxyl groups is 1. The van der Waals surface area contributed by atoms with Crippen molar-refractivity contribution in [3.05, 3.63) is 5.82 Å². The van der Waals surface area contributed by atoms with Gasteiger partial charge in [0.05, 0.1) is 5.60 Å². The van der Waals surface area contributed by atoms with Crippen LogP contribution < -0.4 is 5.73 Å². The summed E-state index contributed by atoms with van der Waals surface area (Å²) in [5.74, 6) is 1.78. The highest BCUT2D eigenvalue weighted by atomic mass is 32.2. The van der Waals surface area contributed by atoms with E-state index >= 15 is 0 Å². The van der Waals surface area contributed by atoms with Gasteiger partial charge < -0.3 is 10.8 Å². The van der Waals surface area contributed by atoms with Crippen LogP contribution in [-0.2, 0) is 0 Å². The van der Waals surface area contributed by atoms with E-state index in [0.717, 1.165) is 28.8 Å². The molecule has 1 aromatic heterocycles. The normalized spacial score (nSPS) is 15.2. The van der Waals surface area contributed by atoms with E-state index in [1.54, 1.807) is 18.7 Å². The first-order chi connectivity index (χ1) is 7.03. The van der Waals surface area contributed by atoms with Gasteiger partial charge in [0.2, 0.25) is 0 Å². The summed E-state index contributed by atoms with van der Waals surface area (Å²) >= 11 is 3.11. The third-order valence-electron chi connectivity index (χ3n) is 2.03. The van der Waals surface area contributed by atoms with Crippen LogP contribution >= 0.6 is 23.3 Å². The van der Waals surface area contributed by atoms with Crippen molar-refractivity contribution >= 4 is 23.3 Å². The Bertz CT molecular complexity index is 301. The lowest BCUT2D eigenvalue weighted by molar-refractivity contribution is 0.0596. The Balaban J connectivity index is 2.17. The van der Waals surface area contributed by atoms with E-state index in [-0.39, 0.29) is 0 Å². The minimum absolute atomic E-state index is 0.315. The van der Waals surface area contributed by atoms with Gasteiger partial charge in [0.1, 0.15) is 5.82 Å². The average molecular weight is 247 g/mol. The highest BCUT2D eigenvalue weighted by molar-refractivity contribution is 8.00. The number of hydrogen-bond donors (Lipinski definition) is 2. The lowest BCUT2D eigenvalue weighted by Crippen LogP contribution is -2.34. The fourth-order valence-electron chi connectivity index (χ4n) is 1.05. The van der Waals surface area contributed by atoms with Crippen molar-refractivity contribution in [1.82, 2.24) is 9.36 Å². The summed E-state index contributed by atoms with van der Waals surface area (Å²) in [6.45, 7) is 3.97. The minimum Gasteiger partial charge on any atom is -0.389 e. The van der Waals surface area contributed by atoms with Gasteiger partial charge in [0.25, 0.3) is 0 Å². The number of hydrogen-bond acceptors (Lipinski definition) is 6. The van der Waals surface area contributed by atoms with Gasteiger partial charge in [-0.3, -0.25) is 0 Å². The minimum atomic E-state index is -0.725. The second-order valence-corrected chi connectivity index (χ2v) is 5.85. The Morgan fingerprint density at radius 2 is 2.33 bits per heavy atom. The summed E-state index contributed by atoms with van der Waals surface area (Å²) in [5.41, 5.74) is 4.70. The molecular weight excluding hydrogens is 230 g/mol. The second kappa shape index (κ2) is 5.79. The van der Waals surface area contributed by atoms with Gasteiger partial charge in [-0.25, -0.2) is 4.98 Å². The molecule has 0 aliphatic carbocycles. The maximum atomic E-state index is 9.66. The number of nitrogens with two attached hydrogens (primary N) is 1. The smallest absolute Gasteiger partial charge is 0.170 e. The van der Waals surface area contributed by atoms with Crippen LogP contribution in [0.2, 0.25) is 0 Å². The van der Waals surface area contributed by atoms with Gasteiger partial charge in [-0.1, -0.05) is 11.8 Å². The Labute approximate surface area is 98.5 Å². The molecule has 0 aliphatic rings. The van der Waals surface area contributed by atoms with Crippen LogP contribution in [0.1, 0.15) is 25.6 Å². The van der Waals surface area contributed by atoms with Crippen LogP contribution in [0, 0.1) is 6.92 Å². The van der Waals surface area contributed by atoms with Crippen LogP contribution in [0.25, 0.3) is 0 Å². The highest BCUT2D eigenvalue weighted by Crippen LogP contribution is 2.22. The van der Waals surface area contributed by atoms with E-state index < -0.39 is 5.60 Å². The molecule has 0 bridgehead atoms. The first kappa shape index (κ1) is 12.9. The van der Waals surface area contributed by atoms with Crippen molar-refractivity contribution in [1.29, 1.82) is 0 Å². The maximum Gasteiger partial charge on any atom is 0.170 e. The Hall–Kier alpha value is -0.170. The maximum absolute atomic E-state index is 9.66. The molecule has 1 atom stereocenters. The third kappa shape index (κ3) is 4.92. The van der Waals surface area contributed by atoms with Crippen LogP contribution in [-0.4, -0.2) is 32.4 Å². The summed E-state index contributed by atoms with van der Waals surface area (Å²) in [6, 6.07) is 0. The molecule has 1 rings (SSSR count). The van der Waals surface area contributed by atoms with E-state index in [1.807, 2.05) is 6.92 Å². The van der Waals surface area contributed by atoms with Crippen molar-refractivity contribution in [3.8, 4) is 0 Å². The molecule has 4 nitrogen and oxygen atoms in total. The molecule has 15 heavy (non-hydrogen) atoms. The van der Waals surface area contributed by atoms with Crippen LogP contribution in [0.3, 0.4) is 0 Å². The summed E-state index contributed by atoms with van der Waals surface area (Å²) < 4.78 is 5.10. The zero-order chi connectivity index (χ0) is 11.3. The lowest BCUT2D eigenvalue weighted by Gasteiger charge is -2.20. The van der Waals surface area contributed by atoms with Crippen molar-refractivity contribution in [2.75, 3.05) is 12.3 Å². The summed E-state index contributed by atoms with van der Waals surface area (Å²) in [5, 5.41) is 9.66. The molecule has 0 spiro atoms. The molecule has 0 amide bonds. The quantitative estimate of drug-likeness (QED) is 0.588. The molecule has 0 radical (unpaired) electrons. The summed E-state index contributed by atoms with van der Waals surface area (Å²) in [4.78, 5) is 4.25. The second-order valence-electron chi connectivity index (χ2n) is 3.76. The number of nitrogens with zero attached hydrogens (tertiary/aromatic N) is 2. The molecule has 0 saturated carbocycles. The van der Waals surface area contributed by atoms with Crippen LogP contribution in [0.5, 0.6) is 0 Å². The largest absolute Gasteiger partial charge is 0.389 e. The molecular formula is C9H17N3OS2. The zero-order valence-corrected chi connectivity index (χ0v) is 10.7. The molecule has 0 aliphatic heterocycles. The van der Waals surface area contributed by atoms with E-state index in [0.29, 0.717) is 6.54 Å². The lowest BCUT2D eigenvalue weighted by atomic mass is 10.0. The molecule has 0 fully saturated rings. The first-order valence-corrected chi connectivity index (χ1v) is 6.65. The Morgan fingerprint density at radius 1 is 1.60 bits per heavy atom. The topological polar surface area (TPSA) is 72.0 Å². The first-order valence-electron chi connectivity index (χ1n) is 4.89. The van der Waals surface area contributed by atoms with Crippen LogP contribution in [0.4, 0.5) is 0 Å². The predicted octanol–water partition coefficient (Wildman–Crippen LogP) is 1.43. The molecule has 1 aromatic rings. The van der Waals surface area contributed by atoms with Gasteiger partial charge >= 0.3 is 0 Å². The summed E-state index contributed by atoms with van der Waals surface area (Å²) in [6.07, 6.45) is 1.67. The molecule has 3 N–H and O–H groups in total. The van der Waals surface area contributed by atoms with Crippen LogP contribution in [0.15, 0.2) is 4.34 Å². The van der Waals surface area contributed by atoms with E-state index in [9.17, 15) is 5.11 Å². The number of aromatic nitrogens is 2. The fraction of sp³-hybridized carbons (Fsp3) is 0.778. The van der Waals surface area contributed by atoms with Gasteiger partial charge in [-0.2, -0.15) is 4.37 Å². The standard InChI is InChI=1S/C9H17N3OS2/c1-7-11-8(15-12-7)14-5-3-4-9(2,13)6-10/h13H,3-6,10H2,1-2H3. The van der Waals surface area contributed by atoms with E-state index in [1.165, 1.54) is 11.5 Å². The Morgan fingerprint density at radius 3 is 2.87 bits per heavy atom. The molecule has 1 heterocycles. The molecule has 1 unspecified atom stereocenters. The molecule has 0 saturated heterocycles. The molecule has 6 heteroatoms. The van der Waals surface area contributed by atoms with Gasteiger partial charge in [-0.15, -0.1) is 0 Å². The molecule has 86 valence electrons. The van der Waals surface area contributed by atoms with Crippen molar-refractivity contribution < 1.29 is 5.11 Å². The third-order valence-corrected chi connectivity index (χ3v) is 4.05. The number of thioether (sulfide) groups is 1. The highest BCUT2D eigenvalue weighted by Gasteiger charge is 2.16. The predicted molar refractivity (Wildman–Crippen MR) is 64.3 cm³/mol. The average Bonchev–Trinajstić information content (AvgIpc) is 2.59. The van der Waals surface area contributed by atoms with E-state index in [4.69, 9.17) is 5.73 Å². The van der Waals surface area contributed by atoms with Crippen molar-refractivity contribution in [2.45, 2.75) is 36.6 Å². The van der Waals surface area contributed by atoms with Gasteiger partial charge in [-0.05, 0) is 38.2 Å². The van der Waals surface area contributed by atoms with E-state index in [2.05, 4.69) is 9.36 Å². The molecule has 0 aromatic carbocycles. The fourth-order valence-corrected chi connectivity index (χ4v) is 2.71. The monoisotopic (exact) mass is 247 g/mol. The number of aryl methyl sites for hydroxylation is 1. The Kier molecular flexibility index (Phi) is 4.98. The van der Waals surface area contributed by atoms with Gasteiger partial charge in [0, 0.05) is 12.3 Å². The number of rotatable bonds is 6. The SMILES string of the molecule is Cc1nsc(SCCCC(C)(O)CN)n1. The van der Waals surface area contributed by atoms with Crippen molar-refractivity contribution in [2.24, 2.45) is 5.73 Å². The zero-order valence-electron chi connectivity index (χ0n) is 9.06. The van der Waals surface area contributed by atoms with Gasteiger partial charge in [0.15, 0.2) is 4.34 Å². The summed E-state index contributed by atoms with van der Waals surface area (Å²) in [7, 11) is 0. The van der Waals surface area contributed by atoms with Crippen molar-refractivity contribution in [3.63, 3.8) is 0 Å².